The lowest BCUT2D eigenvalue weighted by atomic mass is 10.1. The predicted octanol–water partition coefficient (Wildman–Crippen LogP) is 2.50. The molecule has 0 bridgehead atoms. The van der Waals surface area contributed by atoms with Crippen LogP contribution in [0, 0.1) is 0 Å². The molecule has 5 nitrogen and oxygen atoms in total. The zero-order valence-electron chi connectivity index (χ0n) is 12.2. The van der Waals surface area contributed by atoms with Crippen molar-refractivity contribution in [1.82, 2.24) is 20.4 Å². The highest BCUT2D eigenvalue weighted by atomic mass is 35.5. The molecule has 22 heavy (non-hydrogen) atoms. The highest BCUT2D eigenvalue weighted by Gasteiger charge is 2.17. The van der Waals surface area contributed by atoms with Gasteiger partial charge in [0.25, 0.3) is 5.91 Å². The lowest BCUT2D eigenvalue weighted by molar-refractivity contribution is 0.0948. The number of thiophene rings is 1. The zero-order chi connectivity index (χ0) is 15.4. The molecule has 1 fully saturated rings. The number of nitrogens with zero attached hydrogens (tertiary/aromatic N) is 2. The monoisotopic (exact) mass is 338 g/mol. The molecule has 7 heteroatoms. The van der Waals surface area contributed by atoms with Gasteiger partial charge in [0, 0.05) is 24.2 Å². The summed E-state index contributed by atoms with van der Waals surface area (Å²) in [6.07, 6.45) is 4.94. The van der Waals surface area contributed by atoms with Gasteiger partial charge in [-0.3, -0.25) is 9.48 Å². The SMILES string of the molecule is O=C(NCCc1ccc(Cl)s1)c1ccn(C2CCCNC2)n1. The van der Waals surface area contributed by atoms with Crippen LogP contribution in [0.25, 0.3) is 0 Å². The van der Waals surface area contributed by atoms with Gasteiger partial charge in [-0.1, -0.05) is 11.6 Å². The summed E-state index contributed by atoms with van der Waals surface area (Å²) in [6.45, 7) is 2.58. The molecule has 3 rings (SSSR count). The van der Waals surface area contributed by atoms with Crippen LogP contribution in [0.15, 0.2) is 24.4 Å². The summed E-state index contributed by atoms with van der Waals surface area (Å²) >= 11 is 7.43. The van der Waals surface area contributed by atoms with E-state index in [-0.39, 0.29) is 5.91 Å². The van der Waals surface area contributed by atoms with Gasteiger partial charge in [0.05, 0.1) is 10.4 Å². The number of rotatable bonds is 5. The first-order valence-corrected chi connectivity index (χ1v) is 8.70. The van der Waals surface area contributed by atoms with Crippen LogP contribution in [-0.4, -0.2) is 35.3 Å². The number of hydrogen-bond donors (Lipinski definition) is 2. The fourth-order valence-corrected chi connectivity index (χ4v) is 3.68. The van der Waals surface area contributed by atoms with E-state index in [0.717, 1.165) is 36.7 Å². The summed E-state index contributed by atoms with van der Waals surface area (Å²) in [4.78, 5) is 13.3. The Bertz CT molecular complexity index is 633. The average Bonchev–Trinajstić information content (AvgIpc) is 3.17. The molecule has 118 valence electrons. The maximum Gasteiger partial charge on any atom is 0.271 e. The van der Waals surface area contributed by atoms with Gasteiger partial charge in [-0.15, -0.1) is 11.3 Å². The van der Waals surface area contributed by atoms with Crippen LogP contribution < -0.4 is 10.6 Å². The fraction of sp³-hybridized carbons (Fsp3) is 0.467. The van der Waals surface area contributed by atoms with E-state index >= 15 is 0 Å². The van der Waals surface area contributed by atoms with Gasteiger partial charge >= 0.3 is 0 Å². The van der Waals surface area contributed by atoms with E-state index < -0.39 is 0 Å². The Labute approximate surface area is 138 Å². The van der Waals surface area contributed by atoms with E-state index in [1.807, 2.05) is 23.0 Å². The van der Waals surface area contributed by atoms with Gasteiger partial charge in [0.15, 0.2) is 0 Å². The second-order valence-electron chi connectivity index (χ2n) is 5.39. The minimum atomic E-state index is -0.120. The maximum absolute atomic E-state index is 12.1. The van der Waals surface area contributed by atoms with Crippen LogP contribution in [0.1, 0.15) is 34.2 Å². The van der Waals surface area contributed by atoms with E-state index in [1.54, 1.807) is 17.4 Å². The summed E-state index contributed by atoms with van der Waals surface area (Å²) in [5, 5.41) is 10.7. The molecule has 0 spiro atoms. The first-order chi connectivity index (χ1) is 10.7. The quantitative estimate of drug-likeness (QED) is 0.880. The number of piperidine rings is 1. The number of aromatic nitrogens is 2. The van der Waals surface area contributed by atoms with Crippen LogP contribution in [0.5, 0.6) is 0 Å². The molecule has 0 radical (unpaired) electrons. The third-order valence-corrected chi connectivity index (χ3v) is 5.06. The first kappa shape index (κ1) is 15.5. The van der Waals surface area contributed by atoms with Gasteiger partial charge in [-0.2, -0.15) is 5.10 Å². The van der Waals surface area contributed by atoms with Gasteiger partial charge in [-0.05, 0) is 44.0 Å². The second-order valence-corrected chi connectivity index (χ2v) is 7.19. The van der Waals surface area contributed by atoms with E-state index in [2.05, 4.69) is 15.7 Å². The summed E-state index contributed by atoms with van der Waals surface area (Å²) in [7, 11) is 0. The van der Waals surface area contributed by atoms with E-state index in [9.17, 15) is 4.79 Å². The topological polar surface area (TPSA) is 59.0 Å². The molecule has 1 amide bonds. The number of hydrogen-bond acceptors (Lipinski definition) is 4. The highest BCUT2D eigenvalue weighted by Crippen LogP contribution is 2.21. The lowest BCUT2D eigenvalue weighted by Crippen LogP contribution is -2.32. The largest absolute Gasteiger partial charge is 0.350 e. The zero-order valence-corrected chi connectivity index (χ0v) is 13.8. The number of carbonyl (C=O) groups is 1. The normalized spacial score (nSPS) is 18.3. The predicted molar refractivity (Wildman–Crippen MR) is 88.7 cm³/mol. The number of carbonyl (C=O) groups excluding carboxylic acids is 1. The standard InChI is InChI=1S/C15H19ClN4OS/c16-14-4-3-12(22-14)5-8-18-15(21)13-6-9-20(19-13)11-2-1-7-17-10-11/h3-4,6,9,11,17H,1-2,5,7-8,10H2,(H,18,21). The van der Waals surface area contributed by atoms with Crippen molar-refractivity contribution >= 4 is 28.8 Å². The molecule has 0 saturated carbocycles. The fourth-order valence-electron chi connectivity index (χ4n) is 2.60. The minimum Gasteiger partial charge on any atom is -0.350 e. The Kier molecular flexibility index (Phi) is 5.12. The summed E-state index contributed by atoms with van der Waals surface area (Å²) in [6, 6.07) is 6.00. The van der Waals surface area contributed by atoms with Crippen LogP contribution in [0.4, 0.5) is 0 Å². The van der Waals surface area contributed by atoms with Crippen LogP contribution >= 0.6 is 22.9 Å². The number of nitrogens with one attached hydrogen (secondary N) is 2. The molecule has 1 aliphatic rings. The molecule has 0 aromatic carbocycles. The molecule has 1 aliphatic heterocycles. The van der Waals surface area contributed by atoms with Gasteiger partial charge in [0.2, 0.25) is 0 Å². The van der Waals surface area contributed by atoms with Crippen molar-refractivity contribution in [3.63, 3.8) is 0 Å². The first-order valence-electron chi connectivity index (χ1n) is 7.50. The minimum absolute atomic E-state index is 0.120. The van der Waals surface area contributed by atoms with Crippen molar-refractivity contribution < 1.29 is 4.79 Å². The van der Waals surface area contributed by atoms with Crippen LogP contribution in [0.3, 0.4) is 0 Å². The molecule has 1 saturated heterocycles. The molecule has 3 heterocycles. The third-order valence-electron chi connectivity index (χ3n) is 3.77. The molecule has 1 atom stereocenters. The third kappa shape index (κ3) is 3.88. The summed E-state index contributed by atoms with van der Waals surface area (Å²) in [5.74, 6) is -0.120. The molecular weight excluding hydrogens is 320 g/mol. The Morgan fingerprint density at radius 3 is 3.14 bits per heavy atom. The van der Waals surface area contributed by atoms with Gasteiger partial charge < -0.3 is 10.6 Å². The van der Waals surface area contributed by atoms with Crippen LogP contribution in [0.2, 0.25) is 4.34 Å². The Hall–Kier alpha value is -1.37. The van der Waals surface area contributed by atoms with Crippen molar-refractivity contribution in [1.29, 1.82) is 0 Å². The lowest BCUT2D eigenvalue weighted by Gasteiger charge is -2.22. The smallest absolute Gasteiger partial charge is 0.271 e. The second kappa shape index (κ2) is 7.26. The highest BCUT2D eigenvalue weighted by molar-refractivity contribution is 7.16. The van der Waals surface area contributed by atoms with Crippen molar-refractivity contribution in [3.05, 3.63) is 39.3 Å². The molecule has 2 aromatic heterocycles. The molecule has 1 unspecified atom stereocenters. The Morgan fingerprint density at radius 1 is 1.50 bits per heavy atom. The maximum atomic E-state index is 12.1. The van der Waals surface area contributed by atoms with Crippen molar-refractivity contribution in [3.8, 4) is 0 Å². The molecule has 2 aromatic rings. The number of amides is 1. The molecule has 2 N–H and O–H groups in total. The van der Waals surface area contributed by atoms with Gasteiger partial charge in [0.1, 0.15) is 5.69 Å². The van der Waals surface area contributed by atoms with Gasteiger partial charge in [-0.25, -0.2) is 0 Å². The Balaban J connectivity index is 1.50. The summed E-state index contributed by atoms with van der Waals surface area (Å²) in [5.41, 5.74) is 0.481. The van der Waals surface area contributed by atoms with Crippen molar-refractivity contribution in [2.75, 3.05) is 19.6 Å². The molecular formula is C15H19ClN4OS. The van der Waals surface area contributed by atoms with E-state index in [4.69, 9.17) is 11.6 Å². The Morgan fingerprint density at radius 2 is 2.41 bits per heavy atom. The summed E-state index contributed by atoms with van der Waals surface area (Å²) < 4.78 is 2.68. The van der Waals surface area contributed by atoms with E-state index in [1.165, 1.54) is 4.88 Å². The number of halogens is 1. The van der Waals surface area contributed by atoms with E-state index in [0.29, 0.717) is 18.3 Å². The average molecular weight is 339 g/mol. The van der Waals surface area contributed by atoms with Crippen molar-refractivity contribution in [2.24, 2.45) is 0 Å². The molecule has 0 aliphatic carbocycles. The van der Waals surface area contributed by atoms with Crippen molar-refractivity contribution in [2.45, 2.75) is 25.3 Å². The van der Waals surface area contributed by atoms with Crippen LogP contribution in [-0.2, 0) is 6.42 Å².